The molecule has 2 aromatic rings. The van der Waals surface area contributed by atoms with Crippen molar-refractivity contribution in [1.82, 2.24) is 9.78 Å². The van der Waals surface area contributed by atoms with Crippen LogP contribution < -0.4 is 10.5 Å². The molecule has 1 aromatic heterocycles. The Labute approximate surface area is 122 Å². The molecule has 110 valence electrons. The molecule has 0 radical (unpaired) electrons. The van der Waals surface area contributed by atoms with E-state index in [1.54, 1.807) is 6.07 Å². The third kappa shape index (κ3) is 2.73. The SMILES string of the molecule is Cn1nc(-c2cc(N)c(C#N)cc2F)c(Cl)c1OC(F)F. The maximum atomic E-state index is 14.0. The molecule has 1 heterocycles. The zero-order valence-electron chi connectivity index (χ0n) is 10.6. The molecule has 2 rings (SSSR count). The van der Waals surface area contributed by atoms with E-state index in [1.807, 2.05) is 0 Å². The average Bonchev–Trinajstić information content (AvgIpc) is 2.68. The normalized spacial score (nSPS) is 10.7. The lowest BCUT2D eigenvalue weighted by molar-refractivity contribution is -0.0552. The van der Waals surface area contributed by atoms with Crippen molar-refractivity contribution in [1.29, 1.82) is 5.26 Å². The van der Waals surface area contributed by atoms with Crippen LogP contribution in [0.5, 0.6) is 5.88 Å². The van der Waals surface area contributed by atoms with Gasteiger partial charge in [0.2, 0.25) is 5.88 Å². The summed E-state index contributed by atoms with van der Waals surface area (Å²) < 4.78 is 43.7. The van der Waals surface area contributed by atoms with Crippen LogP contribution in [0.3, 0.4) is 0 Å². The summed E-state index contributed by atoms with van der Waals surface area (Å²) in [7, 11) is 1.32. The lowest BCUT2D eigenvalue weighted by Crippen LogP contribution is -2.06. The fourth-order valence-electron chi connectivity index (χ4n) is 1.74. The first-order valence-electron chi connectivity index (χ1n) is 5.52. The minimum Gasteiger partial charge on any atom is -0.416 e. The number of alkyl halides is 2. The Kier molecular flexibility index (Phi) is 3.95. The van der Waals surface area contributed by atoms with Gasteiger partial charge in [0.25, 0.3) is 0 Å². The Morgan fingerprint density at radius 1 is 1.48 bits per heavy atom. The van der Waals surface area contributed by atoms with Gasteiger partial charge in [-0.1, -0.05) is 11.6 Å². The van der Waals surface area contributed by atoms with Crippen molar-refractivity contribution in [3.63, 3.8) is 0 Å². The third-order valence-electron chi connectivity index (χ3n) is 2.66. The number of nitrogens with zero attached hydrogens (tertiary/aromatic N) is 3. The van der Waals surface area contributed by atoms with E-state index in [0.717, 1.165) is 16.8 Å². The van der Waals surface area contributed by atoms with Crippen LogP contribution >= 0.6 is 11.6 Å². The summed E-state index contributed by atoms with van der Waals surface area (Å²) in [6, 6.07) is 3.81. The van der Waals surface area contributed by atoms with Crippen molar-refractivity contribution in [3.8, 4) is 23.2 Å². The first-order chi connectivity index (χ1) is 9.85. The van der Waals surface area contributed by atoms with E-state index in [-0.39, 0.29) is 27.5 Å². The topological polar surface area (TPSA) is 76.9 Å². The number of ether oxygens (including phenoxy) is 1. The Bertz CT molecular complexity index is 739. The summed E-state index contributed by atoms with van der Waals surface area (Å²) in [6.45, 7) is -3.10. The number of hydrogen-bond donors (Lipinski definition) is 1. The summed E-state index contributed by atoms with van der Waals surface area (Å²) in [4.78, 5) is 0. The lowest BCUT2D eigenvalue weighted by Gasteiger charge is -2.05. The number of nitrogen functional groups attached to an aromatic ring is 1. The second kappa shape index (κ2) is 5.54. The quantitative estimate of drug-likeness (QED) is 0.883. The Hall–Kier alpha value is -2.40. The zero-order chi connectivity index (χ0) is 15.7. The van der Waals surface area contributed by atoms with E-state index in [0.29, 0.717) is 0 Å². The molecule has 0 unspecified atom stereocenters. The van der Waals surface area contributed by atoms with Gasteiger partial charge in [-0.05, 0) is 12.1 Å². The summed E-state index contributed by atoms with van der Waals surface area (Å²) >= 11 is 5.89. The number of rotatable bonds is 3. The van der Waals surface area contributed by atoms with E-state index in [2.05, 4.69) is 9.84 Å². The van der Waals surface area contributed by atoms with E-state index in [1.165, 1.54) is 7.05 Å². The second-order valence-electron chi connectivity index (χ2n) is 4.00. The highest BCUT2D eigenvalue weighted by Crippen LogP contribution is 2.37. The van der Waals surface area contributed by atoms with Crippen LogP contribution in [-0.2, 0) is 7.05 Å². The molecule has 5 nitrogen and oxygen atoms in total. The van der Waals surface area contributed by atoms with E-state index < -0.39 is 18.3 Å². The molecule has 0 atom stereocenters. The molecule has 0 saturated heterocycles. The highest BCUT2D eigenvalue weighted by Gasteiger charge is 2.23. The van der Waals surface area contributed by atoms with Gasteiger partial charge in [0, 0.05) is 12.6 Å². The smallest absolute Gasteiger partial charge is 0.388 e. The average molecular weight is 317 g/mol. The van der Waals surface area contributed by atoms with Gasteiger partial charge in [-0.3, -0.25) is 0 Å². The number of nitrogens with two attached hydrogens (primary N) is 1. The molecule has 21 heavy (non-hydrogen) atoms. The standard InChI is InChI=1S/C12H8ClF3N4O/c1-20-11(21-12(15)16)9(13)10(19-20)6-3-8(18)5(4-17)2-7(6)14/h2-3,12H,18H2,1H3. The Balaban J connectivity index is 2.58. The van der Waals surface area contributed by atoms with E-state index in [9.17, 15) is 13.2 Å². The third-order valence-corrected chi connectivity index (χ3v) is 3.00. The number of nitriles is 1. The first-order valence-corrected chi connectivity index (χ1v) is 5.89. The Morgan fingerprint density at radius 3 is 2.71 bits per heavy atom. The number of halogens is 4. The fraction of sp³-hybridized carbons (Fsp3) is 0.167. The maximum absolute atomic E-state index is 14.0. The molecule has 0 aliphatic heterocycles. The van der Waals surface area contributed by atoms with Gasteiger partial charge in [0.1, 0.15) is 22.6 Å². The highest BCUT2D eigenvalue weighted by molar-refractivity contribution is 6.34. The number of hydrogen-bond acceptors (Lipinski definition) is 4. The molecule has 0 bridgehead atoms. The number of anilines is 1. The molecule has 0 saturated carbocycles. The minimum absolute atomic E-state index is 0.0203. The molecule has 9 heteroatoms. The van der Waals surface area contributed by atoms with Crippen LogP contribution in [-0.4, -0.2) is 16.4 Å². The monoisotopic (exact) mass is 316 g/mol. The van der Waals surface area contributed by atoms with Crippen molar-refractivity contribution in [2.45, 2.75) is 6.61 Å². The maximum Gasteiger partial charge on any atom is 0.388 e. The van der Waals surface area contributed by atoms with Crippen LogP contribution in [0.2, 0.25) is 5.02 Å². The minimum atomic E-state index is -3.10. The molecule has 0 aliphatic carbocycles. The summed E-state index contributed by atoms with van der Waals surface area (Å²) in [6.07, 6.45) is 0. The summed E-state index contributed by atoms with van der Waals surface area (Å²) in [5, 5.41) is 12.3. The highest BCUT2D eigenvalue weighted by atomic mass is 35.5. The lowest BCUT2D eigenvalue weighted by atomic mass is 10.1. The van der Waals surface area contributed by atoms with Crippen molar-refractivity contribution in [3.05, 3.63) is 28.5 Å². The molecule has 1 aromatic carbocycles. The predicted octanol–water partition coefficient (Wildman–Crippen LogP) is 2.93. The number of aryl methyl sites for hydroxylation is 1. The van der Waals surface area contributed by atoms with Crippen molar-refractivity contribution >= 4 is 17.3 Å². The summed E-state index contributed by atoms with van der Waals surface area (Å²) in [5.41, 5.74) is 5.34. The predicted molar refractivity (Wildman–Crippen MR) is 69.4 cm³/mol. The fourth-order valence-corrected chi connectivity index (χ4v) is 2.04. The molecule has 0 aliphatic rings. The van der Waals surface area contributed by atoms with Crippen molar-refractivity contribution in [2.75, 3.05) is 5.73 Å². The summed E-state index contributed by atoms with van der Waals surface area (Å²) in [5.74, 6) is -1.20. The van der Waals surface area contributed by atoms with Gasteiger partial charge < -0.3 is 10.5 Å². The van der Waals surface area contributed by atoms with Crippen molar-refractivity contribution in [2.24, 2.45) is 7.05 Å². The van der Waals surface area contributed by atoms with Gasteiger partial charge in [0.05, 0.1) is 11.3 Å². The van der Waals surface area contributed by atoms with Gasteiger partial charge in [0.15, 0.2) is 0 Å². The molecular formula is C12H8ClF3N4O. The zero-order valence-corrected chi connectivity index (χ0v) is 11.3. The molecule has 0 spiro atoms. The van der Waals surface area contributed by atoms with Crippen LogP contribution in [0.25, 0.3) is 11.3 Å². The van der Waals surface area contributed by atoms with Gasteiger partial charge in [-0.2, -0.15) is 19.1 Å². The first kappa shape index (κ1) is 15.0. The molecule has 2 N–H and O–H groups in total. The number of benzene rings is 1. The number of aromatic nitrogens is 2. The van der Waals surface area contributed by atoms with Crippen molar-refractivity contribution < 1.29 is 17.9 Å². The molecular weight excluding hydrogens is 309 g/mol. The van der Waals surface area contributed by atoms with E-state index >= 15 is 0 Å². The van der Waals surface area contributed by atoms with Gasteiger partial charge in [-0.15, -0.1) is 0 Å². The largest absolute Gasteiger partial charge is 0.416 e. The Morgan fingerprint density at radius 2 is 2.14 bits per heavy atom. The van der Waals surface area contributed by atoms with Crippen LogP contribution in [0.4, 0.5) is 18.9 Å². The van der Waals surface area contributed by atoms with Crippen LogP contribution in [0.1, 0.15) is 5.56 Å². The van der Waals surface area contributed by atoms with Gasteiger partial charge >= 0.3 is 6.61 Å². The molecule has 0 amide bonds. The van der Waals surface area contributed by atoms with Crippen LogP contribution in [0.15, 0.2) is 12.1 Å². The second-order valence-corrected chi connectivity index (χ2v) is 4.38. The molecule has 0 fully saturated rings. The van der Waals surface area contributed by atoms with Crippen LogP contribution in [0, 0.1) is 17.1 Å². The van der Waals surface area contributed by atoms with E-state index in [4.69, 9.17) is 22.6 Å². The van der Waals surface area contributed by atoms with Gasteiger partial charge in [-0.25, -0.2) is 9.07 Å².